The molecule has 1 fully saturated rings. The molecule has 0 spiro atoms. The first-order chi connectivity index (χ1) is 15.2. The standard InChI is InChI=1S/C24H30Cl2N2O3S/c1-17(2)14-23(18-8-4-3-5-9-18)27-24(29)19-10-7-13-28(15-19)32(30,31)16-20-21(25)11-6-12-22(20)26/h3-6,8-9,11-12,17,19,23H,7,10,13-16H2,1-2H3,(H,27,29)/t19-,23-/m0/s1. The maximum Gasteiger partial charge on any atom is 0.224 e. The lowest BCUT2D eigenvalue weighted by Gasteiger charge is -2.32. The van der Waals surface area contributed by atoms with Crippen molar-refractivity contribution in [2.45, 2.75) is 44.9 Å². The first-order valence-corrected chi connectivity index (χ1v) is 13.3. The second-order valence-electron chi connectivity index (χ2n) is 8.76. The Morgan fingerprint density at radius 1 is 1.09 bits per heavy atom. The van der Waals surface area contributed by atoms with Crippen LogP contribution in [0.5, 0.6) is 0 Å². The van der Waals surface area contributed by atoms with Crippen LogP contribution in [0.25, 0.3) is 0 Å². The molecule has 32 heavy (non-hydrogen) atoms. The fourth-order valence-corrected chi connectivity index (χ4v) is 6.44. The van der Waals surface area contributed by atoms with Crippen LogP contribution in [0.2, 0.25) is 10.0 Å². The molecule has 0 unspecified atom stereocenters. The van der Waals surface area contributed by atoms with E-state index >= 15 is 0 Å². The largest absolute Gasteiger partial charge is 0.349 e. The number of carbonyl (C=O) groups is 1. The van der Waals surface area contributed by atoms with Crippen molar-refractivity contribution in [3.8, 4) is 0 Å². The van der Waals surface area contributed by atoms with Gasteiger partial charge in [-0.2, -0.15) is 0 Å². The summed E-state index contributed by atoms with van der Waals surface area (Å²) in [6, 6.07) is 14.7. The second kappa shape index (κ2) is 11.0. The van der Waals surface area contributed by atoms with Crippen molar-refractivity contribution in [2.75, 3.05) is 13.1 Å². The molecule has 0 saturated carbocycles. The van der Waals surface area contributed by atoms with Crippen molar-refractivity contribution in [2.24, 2.45) is 11.8 Å². The number of carbonyl (C=O) groups excluding carboxylic acids is 1. The highest BCUT2D eigenvalue weighted by atomic mass is 35.5. The number of piperidine rings is 1. The van der Waals surface area contributed by atoms with Crippen molar-refractivity contribution < 1.29 is 13.2 Å². The highest BCUT2D eigenvalue weighted by molar-refractivity contribution is 7.88. The SMILES string of the molecule is CC(C)C[C@H](NC(=O)[C@H]1CCCN(S(=O)(=O)Cc2c(Cl)cccc2Cl)C1)c1ccccc1. The van der Waals surface area contributed by atoms with E-state index in [0.29, 0.717) is 40.9 Å². The van der Waals surface area contributed by atoms with Gasteiger partial charge in [0, 0.05) is 28.7 Å². The topological polar surface area (TPSA) is 66.5 Å². The maximum absolute atomic E-state index is 13.1. The summed E-state index contributed by atoms with van der Waals surface area (Å²) in [5, 5.41) is 3.82. The predicted octanol–water partition coefficient (Wildman–Crippen LogP) is 5.44. The molecule has 1 aliphatic heterocycles. The summed E-state index contributed by atoms with van der Waals surface area (Å²) in [4.78, 5) is 13.1. The van der Waals surface area contributed by atoms with Gasteiger partial charge in [-0.25, -0.2) is 12.7 Å². The number of hydrogen-bond donors (Lipinski definition) is 1. The van der Waals surface area contributed by atoms with Crippen LogP contribution in [0.4, 0.5) is 0 Å². The molecule has 1 amide bonds. The highest BCUT2D eigenvalue weighted by Crippen LogP contribution is 2.29. The minimum absolute atomic E-state index is 0.0994. The van der Waals surface area contributed by atoms with E-state index in [-0.39, 0.29) is 24.2 Å². The van der Waals surface area contributed by atoms with Gasteiger partial charge in [0.1, 0.15) is 0 Å². The Balaban J connectivity index is 1.71. The minimum atomic E-state index is -3.66. The lowest BCUT2D eigenvalue weighted by atomic mass is 9.94. The van der Waals surface area contributed by atoms with E-state index in [0.717, 1.165) is 12.0 Å². The second-order valence-corrected chi connectivity index (χ2v) is 11.5. The molecular weight excluding hydrogens is 467 g/mol. The van der Waals surface area contributed by atoms with Crippen molar-refractivity contribution in [3.05, 3.63) is 69.7 Å². The zero-order chi connectivity index (χ0) is 23.3. The molecule has 1 heterocycles. The molecule has 5 nitrogen and oxygen atoms in total. The third kappa shape index (κ3) is 6.47. The fraction of sp³-hybridized carbons (Fsp3) is 0.458. The first-order valence-electron chi connectivity index (χ1n) is 10.9. The minimum Gasteiger partial charge on any atom is -0.349 e. The zero-order valence-electron chi connectivity index (χ0n) is 18.4. The Kier molecular flexibility index (Phi) is 8.62. The van der Waals surface area contributed by atoms with Gasteiger partial charge in [-0.15, -0.1) is 0 Å². The van der Waals surface area contributed by atoms with Crippen LogP contribution in [0.15, 0.2) is 48.5 Å². The van der Waals surface area contributed by atoms with Gasteiger partial charge in [0.25, 0.3) is 0 Å². The molecule has 1 aliphatic rings. The summed E-state index contributed by atoms with van der Waals surface area (Å²) in [6.45, 7) is 4.80. The van der Waals surface area contributed by atoms with Crippen molar-refractivity contribution in [1.82, 2.24) is 9.62 Å². The van der Waals surface area contributed by atoms with Crippen molar-refractivity contribution in [3.63, 3.8) is 0 Å². The Hall–Kier alpha value is -1.60. The van der Waals surface area contributed by atoms with Crippen LogP contribution >= 0.6 is 23.2 Å². The third-order valence-corrected chi connectivity index (χ3v) is 8.24. The predicted molar refractivity (Wildman–Crippen MR) is 130 cm³/mol. The van der Waals surface area contributed by atoms with Crippen LogP contribution < -0.4 is 5.32 Å². The van der Waals surface area contributed by atoms with Gasteiger partial charge in [-0.05, 0) is 42.9 Å². The lowest BCUT2D eigenvalue weighted by molar-refractivity contribution is -0.127. The Bertz CT molecular complexity index is 1010. The Morgan fingerprint density at radius 3 is 2.38 bits per heavy atom. The Labute approximate surface area is 201 Å². The van der Waals surface area contributed by atoms with Gasteiger partial charge in [0.15, 0.2) is 0 Å². The maximum atomic E-state index is 13.1. The molecule has 1 saturated heterocycles. The van der Waals surface area contributed by atoms with E-state index in [1.807, 2.05) is 30.3 Å². The monoisotopic (exact) mass is 496 g/mol. The van der Waals surface area contributed by atoms with Crippen LogP contribution in [0, 0.1) is 11.8 Å². The van der Waals surface area contributed by atoms with Crippen molar-refractivity contribution >= 4 is 39.1 Å². The number of amides is 1. The molecule has 0 aromatic heterocycles. The van der Waals surface area contributed by atoms with E-state index in [4.69, 9.17) is 23.2 Å². The molecule has 2 atom stereocenters. The fourth-order valence-electron chi connectivity index (χ4n) is 4.08. The van der Waals surface area contributed by atoms with Crippen LogP contribution in [-0.4, -0.2) is 31.7 Å². The molecule has 174 valence electrons. The van der Waals surface area contributed by atoms with E-state index in [1.165, 1.54) is 4.31 Å². The summed E-state index contributed by atoms with van der Waals surface area (Å²) in [5.74, 6) is -0.363. The van der Waals surface area contributed by atoms with Gasteiger partial charge in [-0.3, -0.25) is 4.79 Å². The molecule has 0 bridgehead atoms. The number of nitrogens with one attached hydrogen (secondary N) is 1. The summed E-state index contributed by atoms with van der Waals surface area (Å²) < 4.78 is 27.6. The quantitative estimate of drug-likeness (QED) is 0.528. The average Bonchev–Trinajstić information content (AvgIpc) is 2.76. The molecule has 3 rings (SSSR count). The van der Waals surface area contributed by atoms with Gasteiger partial charge < -0.3 is 5.32 Å². The summed E-state index contributed by atoms with van der Waals surface area (Å²) in [5.41, 5.74) is 1.45. The van der Waals surface area contributed by atoms with Crippen LogP contribution in [0.3, 0.4) is 0 Å². The van der Waals surface area contributed by atoms with Crippen LogP contribution in [0.1, 0.15) is 50.3 Å². The zero-order valence-corrected chi connectivity index (χ0v) is 20.8. The molecule has 1 N–H and O–H groups in total. The van der Waals surface area contributed by atoms with Gasteiger partial charge in [-0.1, -0.05) is 73.4 Å². The number of sulfonamides is 1. The van der Waals surface area contributed by atoms with E-state index in [9.17, 15) is 13.2 Å². The van der Waals surface area contributed by atoms with Gasteiger partial charge in [0.2, 0.25) is 15.9 Å². The molecule has 0 aliphatic carbocycles. The smallest absolute Gasteiger partial charge is 0.224 e. The Morgan fingerprint density at radius 2 is 1.75 bits per heavy atom. The highest BCUT2D eigenvalue weighted by Gasteiger charge is 2.34. The van der Waals surface area contributed by atoms with E-state index in [2.05, 4.69) is 19.2 Å². The lowest BCUT2D eigenvalue weighted by Crippen LogP contribution is -2.46. The average molecular weight is 497 g/mol. The molecular formula is C24H30Cl2N2O3S. The first kappa shape index (κ1) is 25.0. The number of rotatable bonds is 8. The van der Waals surface area contributed by atoms with E-state index < -0.39 is 15.9 Å². The normalized spacial score (nSPS) is 18.5. The molecule has 2 aromatic rings. The molecule has 0 radical (unpaired) electrons. The van der Waals surface area contributed by atoms with Crippen molar-refractivity contribution in [1.29, 1.82) is 0 Å². The third-order valence-electron chi connectivity index (χ3n) is 5.76. The number of halogens is 2. The number of benzene rings is 2. The summed E-state index contributed by atoms with van der Waals surface area (Å²) in [7, 11) is -3.66. The van der Waals surface area contributed by atoms with Crippen LogP contribution in [-0.2, 0) is 20.6 Å². The number of nitrogens with zero attached hydrogens (tertiary/aromatic N) is 1. The molecule has 2 aromatic carbocycles. The van der Waals surface area contributed by atoms with Gasteiger partial charge in [0.05, 0.1) is 17.7 Å². The summed E-state index contributed by atoms with van der Waals surface area (Å²) >= 11 is 12.4. The number of hydrogen-bond acceptors (Lipinski definition) is 3. The molecule has 8 heteroatoms. The van der Waals surface area contributed by atoms with Gasteiger partial charge >= 0.3 is 0 Å². The summed E-state index contributed by atoms with van der Waals surface area (Å²) in [6.07, 6.45) is 2.11. The van der Waals surface area contributed by atoms with E-state index in [1.54, 1.807) is 18.2 Å².